The first-order chi connectivity index (χ1) is 12.6. The van der Waals surface area contributed by atoms with Gasteiger partial charge in [-0.3, -0.25) is 4.79 Å². The molecule has 1 unspecified atom stereocenters. The lowest BCUT2D eigenvalue weighted by Gasteiger charge is -2.38. The van der Waals surface area contributed by atoms with Gasteiger partial charge in [-0.1, -0.05) is 0 Å². The van der Waals surface area contributed by atoms with E-state index in [0.717, 1.165) is 43.7 Å². The summed E-state index contributed by atoms with van der Waals surface area (Å²) in [5.41, 5.74) is 6.93. The fourth-order valence-electron chi connectivity index (χ4n) is 5.13. The van der Waals surface area contributed by atoms with Crippen LogP contribution in [-0.2, 0) is 0 Å². The van der Waals surface area contributed by atoms with Gasteiger partial charge in [-0.2, -0.15) is 0 Å². The summed E-state index contributed by atoms with van der Waals surface area (Å²) in [6, 6.07) is 5.42. The van der Waals surface area contributed by atoms with Crippen molar-refractivity contribution in [3.63, 3.8) is 0 Å². The Hall–Kier alpha value is -1.46. The Bertz CT molecular complexity index is 609. The lowest BCUT2D eigenvalue weighted by molar-refractivity contribution is 0.0965. The minimum absolute atomic E-state index is 0.242. The van der Waals surface area contributed by atoms with Crippen LogP contribution in [0.3, 0.4) is 0 Å². The third-order valence-corrected chi connectivity index (χ3v) is 6.72. The Kier molecular flexibility index (Phi) is 5.28. The highest BCUT2D eigenvalue weighted by Crippen LogP contribution is 2.38. The van der Waals surface area contributed by atoms with Gasteiger partial charge in [0.15, 0.2) is 5.78 Å². The summed E-state index contributed by atoms with van der Waals surface area (Å²) < 4.78 is 0. The number of nitrogens with zero attached hydrogens (tertiary/aromatic N) is 3. The molecule has 0 aliphatic carbocycles. The summed E-state index contributed by atoms with van der Waals surface area (Å²) in [6.45, 7) is 2.33. The third kappa shape index (κ3) is 3.79. The van der Waals surface area contributed by atoms with Gasteiger partial charge in [0, 0.05) is 36.3 Å². The van der Waals surface area contributed by atoms with Crippen LogP contribution >= 0.6 is 0 Å². The molecular formula is C21H32N4O. The minimum atomic E-state index is 0.242. The molecule has 3 atom stereocenters. The molecule has 0 radical (unpaired) electrons. The number of fused-ring (bicyclic) bond motifs is 2. The van der Waals surface area contributed by atoms with Gasteiger partial charge >= 0.3 is 0 Å². The van der Waals surface area contributed by atoms with Gasteiger partial charge in [-0.05, 0) is 83.1 Å². The summed E-state index contributed by atoms with van der Waals surface area (Å²) in [6.07, 6.45) is 10.5. The number of nitrogens with two attached hydrogens (primary N) is 1. The summed E-state index contributed by atoms with van der Waals surface area (Å²) >= 11 is 0. The van der Waals surface area contributed by atoms with Gasteiger partial charge in [0.1, 0.15) is 5.82 Å². The van der Waals surface area contributed by atoms with E-state index in [-0.39, 0.29) is 5.78 Å². The molecule has 5 heteroatoms. The Morgan fingerprint density at radius 2 is 1.85 bits per heavy atom. The zero-order valence-corrected chi connectivity index (χ0v) is 15.9. The van der Waals surface area contributed by atoms with E-state index in [1.54, 1.807) is 6.20 Å². The molecule has 26 heavy (non-hydrogen) atoms. The molecule has 3 fully saturated rings. The van der Waals surface area contributed by atoms with E-state index >= 15 is 0 Å². The van der Waals surface area contributed by atoms with Crippen molar-refractivity contribution in [1.82, 2.24) is 9.88 Å². The number of carbonyl (C=O) groups is 1. The molecule has 0 saturated carbocycles. The molecule has 3 aliphatic rings. The number of likely N-dealkylation sites (tertiary alicyclic amines) is 1. The van der Waals surface area contributed by atoms with Crippen molar-refractivity contribution < 1.29 is 4.79 Å². The first-order valence-corrected chi connectivity index (χ1v) is 10.3. The number of ketones is 1. The highest BCUT2D eigenvalue weighted by Gasteiger charge is 2.40. The van der Waals surface area contributed by atoms with Gasteiger partial charge in [-0.15, -0.1) is 0 Å². The number of pyridine rings is 1. The molecule has 2 N–H and O–H groups in total. The fourth-order valence-corrected chi connectivity index (χ4v) is 5.13. The summed E-state index contributed by atoms with van der Waals surface area (Å²) in [5, 5.41) is 0. The van der Waals surface area contributed by atoms with Gasteiger partial charge < -0.3 is 15.5 Å². The number of rotatable bonds is 5. The molecule has 0 amide bonds. The number of piperidine rings is 2. The maximum absolute atomic E-state index is 12.5. The van der Waals surface area contributed by atoms with Crippen LogP contribution in [0.25, 0.3) is 0 Å². The first-order valence-electron chi connectivity index (χ1n) is 10.3. The van der Waals surface area contributed by atoms with Crippen molar-refractivity contribution in [3.8, 4) is 0 Å². The zero-order chi connectivity index (χ0) is 18.1. The molecule has 3 aliphatic heterocycles. The van der Waals surface area contributed by atoms with Crippen molar-refractivity contribution in [2.75, 3.05) is 25.0 Å². The molecule has 0 aromatic carbocycles. The maximum atomic E-state index is 12.5. The lowest BCUT2D eigenvalue weighted by Crippen LogP contribution is -2.47. The van der Waals surface area contributed by atoms with E-state index in [4.69, 9.17) is 5.73 Å². The van der Waals surface area contributed by atoms with Crippen molar-refractivity contribution in [2.24, 2.45) is 11.7 Å². The predicted molar refractivity (Wildman–Crippen MR) is 105 cm³/mol. The molecule has 5 nitrogen and oxygen atoms in total. The number of anilines is 1. The van der Waals surface area contributed by atoms with Crippen LogP contribution in [0, 0.1) is 5.92 Å². The highest BCUT2D eigenvalue weighted by atomic mass is 16.1. The normalized spacial score (nSPS) is 29.9. The van der Waals surface area contributed by atoms with Crippen molar-refractivity contribution in [2.45, 2.75) is 69.5 Å². The number of hydrogen-bond donors (Lipinski definition) is 1. The van der Waals surface area contributed by atoms with E-state index in [2.05, 4.69) is 21.8 Å². The molecule has 0 spiro atoms. The predicted octanol–water partition coefficient (Wildman–Crippen LogP) is 2.84. The Labute approximate surface area is 156 Å². The van der Waals surface area contributed by atoms with E-state index in [1.165, 1.54) is 25.7 Å². The van der Waals surface area contributed by atoms with Crippen molar-refractivity contribution >= 4 is 11.6 Å². The zero-order valence-electron chi connectivity index (χ0n) is 15.9. The molecule has 2 bridgehead atoms. The first kappa shape index (κ1) is 17.9. The summed E-state index contributed by atoms with van der Waals surface area (Å²) in [5.74, 6) is 1.97. The second-order valence-electron chi connectivity index (χ2n) is 8.64. The quantitative estimate of drug-likeness (QED) is 0.822. The second kappa shape index (κ2) is 7.65. The van der Waals surface area contributed by atoms with E-state index in [1.807, 2.05) is 12.1 Å². The van der Waals surface area contributed by atoms with Crippen LogP contribution in [0.5, 0.6) is 0 Å². The number of carbonyl (C=O) groups excluding carboxylic acids is 1. The Morgan fingerprint density at radius 1 is 1.15 bits per heavy atom. The standard InChI is InChI=1S/C21H32N4O/c1-24-10-8-15(9-11-24)2-6-20(26)16-3-7-21(23-14-16)25-18-4-5-19(25)13-17(22)12-18/h3,7,14-15,17-19H,2,4-6,8-13,22H2,1H3/t17?,18-,19+. The second-order valence-corrected chi connectivity index (χ2v) is 8.64. The SMILES string of the molecule is CN1CCC(CCC(=O)c2ccc(N3[C@@H]4CC[C@H]3CC(N)C4)nc2)CC1. The molecule has 1 aromatic rings. The van der Waals surface area contributed by atoms with Crippen LogP contribution in [0.1, 0.15) is 61.7 Å². The maximum Gasteiger partial charge on any atom is 0.164 e. The molecule has 4 heterocycles. The molecule has 4 rings (SSSR count). The van der Waals surface area contributed by atoms with Gasteiger partial charge in [0.2, 0.25) is 0 Å². The van der Waals surface area contributed by atoms with Gasteiger partial charge in [0.25, 0.3) is 0 Å². The monoisotopic (exact) mass is 356 g/mol. The topological polar surface area (TPSA) is 62.5 Å². The lowest BCUT2D eigenvalue weighted by atomic mass is 9.91. The fraction of sp³-hybridized carbons (Fsp3) is 0.714. The Morgan fingerprint density at radius 3 is 2.46 bits per heavy atom. The number of aromatic nitrogens is 1. The van der Waals surface area contributed by atoms with Crippen LogP contribution in [0.4, 0.5) is 5.82 Å². The number of Topliss-reactive ketones (excluding diaryl/α,β-unsaturated/α-hetero) is 1. The summed E-state index contributed by atoms with van der Waals surface area (Å²) in [4.78, 5) is 22.0. The van der Waals surface area contributed by atoms with E-state index in [9.17, 15) is 4.79 Å². The van der Waals surface area contributed by atoms with Crippen LogP contribution < -0.4 is 10.6 Å². The molecule has 1 aromatic heterocycles. The molecule has 142 valence electrons. The largest absolute Gasteiger partial charge is 0.351 e. The van der Waals surface area contributed by atoms with Crippen LogP contribution in [-0.4, -0.2) is 53.9 Å². The van der Waals surface area contributed by atoms with E-state index in [0.29, 0.717) is 30.5 Å². The van der Waals surface area contributed by atoms with Gasteiger partial charge in [-0.25, -0.2) is 4.98 Å². The minimum Gasteiger partial charge on any atom is -0.351 e. The number of hydrogen-bond acceptors (Lipinski definition) is 5. The Balaban J connectivity index is 1.33. The van der Waals surface area contributed by atoms with Crippen LogP contribution in [0.2, 0.25) is 0 Å². The van der Waals surface area contributed by atoms with Gasteiger partial charge in [0.05, 0.1) is 0 Å². The molecule has 3 saturated heterocycles. The average molecular weight is 357 g/mol. The average Bonchev–Trinajstić information content (AvgIpc) is 2.92. The van der Waals surface area contributed by atoms with Crippen LogP contribution in [0.15, 0.2) is 18.3 Å². The van der Waals surface area contributed by atoms with E-state index < -0.39 is 0 Å². The van der Waals surface area contributed by atoms with Crippen molar-refractivity contribution in [3.05, 3.63) is 23.9 Å². The third-order valence-electron chi connectivity index (χ3n) is 6.72. The van der Waals surface area contributed by atoms with Crippen molar-refractivity contribution in [1.29, 1.82) is 0 Å². The smallest absolute Gasteiger partial charge is 0.164 e. The highest BCUT2D eigenvalue weighted by molar-refractivity contribution is 5.95. The molecular weight excluding hydrogens is 324 g/mol. The summed E-state index contributed by atoms with van der Waals surface area (Å²) in [7, 11) is 2.18.